The van der Waals surface area contributed by atoms with Crippen LogP contribution in [0.15, 0.2) is 18.2 Å². The van der Waals surface area contributed by atoms with Gasteiger partial charge >= 0.3 is 6.03 Å². The number of amides is 2. The van der Waals surface area contributed by atoms with Crippen LogP contribution in [0.5, 0.6) is 0 Å². The molecule has 4 nitrogen and oxygen atoms in total. The molecule has 1 heterocycles. The van der Waals surface area contributed by atoms with Crippen molar-refractivity contribution in [1.29, 1.82) is 0 Å². The maximum Gasteiger partial charge on any atom is 0.319 e. The van der Waals surface area contributed by atoms with E-state index < -0.39 is 0 Å². The minimum Gasteiger partial charge on any atom is -0.378 e. The number of carbonyl (C=O) groups excluding carboxylic acids is 1. The summed E-state index contributed by atoms with van der Waals surface area (Å²) in [4.78, 5) is 11.8. The lowest BCUT2D eigenvalue weighted by molar-refractivity contribution is 0.00354. The number of carbonyl (C=O) groups is 1. The van der Waals surface area contributed by atoms with Gasteiger partial charge < -0.3 is 15.4 Å². The van der Waals surface area contributed by atoms with E-state index in [1.165, 1.54) is 0 Å². The van der Waals surface area contributed by atoms with Gasteiger partial charge in [0.15, 0.2) is 0 Å². The average molecular weight is 317 g/mol. The Bertz CT molecular complexity index is 482. The molecule has 2 amide bonds. The number of urea groups is 1. The zero-order valence-electron chi connectivity index (χ0n) is 11.3. The Labute approximate surface area is 128 Å². The lowest BCUT2D eigenvalue weighted by Gasteiger charge is -2.27. The van der Waals surface area contributed by atoms with E-state index >= 15 is 0 Å². The van der Waals surface area contributed by atoms with Crippen LogP contribution in [-0.2, 0) is 4.74 Å². The van der Waals surface area contributed by atoms with Crippen molar-refractivity contribution in [2.75, 3.05) is 18.5 Å². The molecular weight excluding hydrogens is 299 g/mol. The summed E-state index contributed by atoms with van der Waals surface area (Å²) in [6.07, 6.45) is 2.23. The number of ether oxygens (including phenoxy) is 1. The van der Waals surface area contributed by atoms with Gasteiger partial charge in [0.05, 0.1) is 16.1 Å². The summed E-state index contributed by atoms with van der Waals surface area (Å²) in [5, 5.41) is 6.50. The van der Waals surface area contributed by atoms with E-state index in [2.05, 4.69) is 17.6 Å². The van der Waals surface area contributed by atoms with Crippen molar-refractivity contribution in [2.24, 2.45) is 5.92 Å². The van der Waals surface area contributed by atoms with Crippen LogP contribution in [0.25, 0.3) is 0 Å². The molecule has 6 heteroatoms. The van der Waals surface area contributed by atoms with Crippen LogP contribution in [0.2, 0.25) is 10.0 Å². The van der Waals surface area contributed by atoms with E-state index in [0.717, 1.165) is 19.4 Å². The molecule has 0 aliphatic carbocycles. The Morgan fingerprint density at radius 1 is 1.40 bits per heavy atom. The fourth-order valence-electron chi connectivity index (χ4n) is 2.26. The molecule has 110 valence electrons. The number of hydrogen-bond acceptors (Lipinski definition) is 2. The Morgan fingerprint density at radius 2 is 2.20 bits per heavy atom. The van der Waals surface area contributed by atoms with Crippen molar-refractivity contribution in [2.45, 2.75) is 25.9 Å². The van der Waals surface area contributed by atoms with Crippen molar-refractivity contribution >= 4 is 34.9 Å². The predicted molar refractivity (Wildman–Crippen MR) is 81.6 cm³/mol. The third kappa shape index (κ3) is 4.54. The van der Waals surface area contributed by atoms with Crippen LogP contribution >= 0.6 is 23.2 Å². The second kappa shape index (κ2) is 7.16. The second-order valence-electron chi connectivity index (χ2n) is 5.04. The van der Waals surface area contributed by atoms with Gasteiger partial charge in [0.2, 0.25) is 0 Å². The Balaban J connectivity index is 1.78. The molecule has 1 aliphatic heterocycles. The molecule has 20 heavy (non-hydrogen) atoms. The lowest BCUT2D eigenvalue weighted by atomic mass is 9.96. The molecule has 2 rings (SSSR count). The molecule has 0 saturated carbocycles. The molecule has 0 radical (unpaired) electrons. The summed E-state index contributed by atoms with van der Waals surface area (Å²) >= 11 is 11.7. The van der Waals surface area contributed by atoms with Crippen LogP contribution in [0, 0.1) is 5.92 Å². The zero-order chi connectivity index (χ0) is 14.5. The van der Waals surface area contributed by atoms with Crippen molar-refractivity contribution in [1.82, 2.24) is 5.32 Å². The van der Waals surface area contributed by atoms with Crippen molar-refractivity contribution in [3.63, 3.8) is 0 Å². The highest BCUT2D eigenvalue weighted by Crippen LogP contribution is 2.25. The summed E-state index contributed by atoms with van der Waals surface area (Å²) in [6.45, 7) is 3.48. The summed E-state index contributed by atoms with van der Waals surface area (Å²) in [6, 6.07) is 4.76. The number of nitrogens with one attached hydrogen (secondary N) is 2. The zero-order valence-corrected chi connectivity index (χ0v) is 12.8. The summed E-state index contributed by atoms with van der Waals surface area (Å²) in [7, 11) is 0. The Hall–Kier alpha value is -0.970. The smallest absolute Gasteiger partial charge is 0.319 e. The van der Waals surface area contributed by atoms with Gasteiger partial charge in [0.25, 0.3) is 0 Å². The molecule has 0 spiro atoms. The van der Waals surface area contributed by atoms with Crippen molar-refractivity contribution < 1.29 is 9.53 Å². The Kier molecular flexibility index (Phi) is 5.52. The van der Waals surface area contributed by atoms with Crippen molar-refractivity contribution in [3.05, 3.63) is 28.2 Å². The molecule has 1 aromatic rings. The average Bonchev–Trinajstić information content (AvgIpc) is 2.41. The third-order valence-corrected chi connectivity index (χ3v) is 4.06. The molecule has 0 unspecified atom stereocenters. The van der Waals surface area contributed by atoms with Crippen LogP contribution in [0.4, 0.5) is 10.5 Å². The number of hydrogen-bond donors (Lipinski definition) is 2. The molecule has 2 N–H and O–H groups in total. The molecule has 1 aromatic carbocycles. The lowest BCUT2D eigenvalue weighted by Crippen LogP contribution is -2.36. The van der Waals surface area contributed by atoms with Gasteiger partial charge in [0, 0.05) is 18.8 Å². The Morgan fingerprint density at radius 3 is 2.90 bits per heavy atom. The minimum absolute atomic E-state index is 0.234. The highest BCUT2D eigenvalue weighted by Gasteiger charge is 2.19. The minimum atomic E-state index is -0.234. The summed E-state index contributed by atoms with van der Waals surface area (Å²) < 4.78 is 5.48. The normalized spacial score (nSPS) is 22.4. The molecule has 1 fully saturated rings. The van der Waals surface area contributed by atoms with Gasteiger partial charge in [-0.3, -0.25) is 0 Å². The van der Waals surface area contributed by atoms with E-state index in [1.807, 2.05) is 0 Å². The number of rotatable bonds is 3. The van der Waals surface area contributed by atoms with Crippen molar-refractivity contribution in [3.8, 4) is 0 Å². The molecule has 0 aromatic heterocycles. The van der Waals surface area contributed by atoms with E-state index in [9.17, 15) is 4.79 Å². The topological polar surface area (TPSA) is 50.4 Å². The first kappa shape index (κ1) is 15.4. The number of benzene rings is 1. The standard InChI is InChI=1S/C14H18Cl2N2O2/c1-9-6-10(4-5-20-9)8-17-14(19)18-11-2-3-12(15)13(16)7-11/h2-3,7,9-10H,4-6,8H2,1H3,(H2,17,18,19)/t9-,10+/m0/s1. The maximum atomic E-state index is 11.8. The quantitative estimate of drug-likeness (QED) is 0.887. The van der Waals surface area contributed by atoms with Gasteiger partial charge in [-0.15, -0.1) is 0 Å². The van der Waals surface area contributed by atoms with Gasteiger partial charge in [-0.2, -0.15) is 0 Å². The second-order valence-corrected chi connectivity index (χ2v) is 5.85. The SMILES string of the molecule is C[C@H]1C[C@H](CNC(=O)Nc2ccc(Cl)c(Cl)c2)CCO1. The van der Waals surface area contributed by atoms with E-state index in [-0.39, 0.29) is 12.1 Å². The third-order valence-electron chi connectivity index (χ3n) is 3.32. The van der Waals surface area contributed by atoms with Gasteiger partial charge in [-0.25, -0.2) is 4.79 Å². The molecule has 2 atom stereocenters. The first-order valence-electron chi connectivity index (χ1n) is 6.66. The molecular formula is C14H18Cl2N2O2. The fraction of sp³-hybridized carbons (Fsp3) is 0.500. The predicted octanol–water partition coefficient (Wildman–Crippen LogP) is 3.93. The van der Waals surface area contributed by atoms with E-state index in [1.54, 1.807) is 18.2 Å². The van der Waals surface area contributed by atoms with Gasteiger partial charge in [-0.1, -0.05) is 23.2 Å². The first-order chi connectivity index (χ1) is 9.54. The van der Waals surface area contributed by atoms with Crippen LogP contribution in [-0.4, -0.2) is 25.3 Å². The van der Waals surface area contributed by atoms with Crippen LogP contribution in [0.3, 0.4) is 0 Å². The number of halogens is 2. The summed E-state index contributed by atoms with van der Waals surface area (Å²) in [5.74, 6) is 0.471. The first-order valence-corrected chi connectivity index (χ1v) is 7.41. The highest BCUT2D eigenvalue weighted by molar-refractivity contribution is 6.42. The monoisotopic (exact) mass is 316 g/mol. The maximum absolute atomic E-state index is 11.8. The molecule has 0 bridgehead atoms. The van der Waals surface area contributed by atoms with E-state index in [4.69, 9.17) is 27.9 Å². The molecule has 1 aliphatic rings. The van der Waals surface area contributed by atoms with Gasteiger partial charge in [0.1, 0.15) is 0 Å². The van der Waals surface area contributed by atoms with Crippen LogP contribution < -0.4 is 10.6 Å². The van der Waals surface area contributed by atoms with Crippen LogP contribution in [0.1, 0.15) is 19.8 Å². The van der Waals surface area contributed by atoms with E-state index in [0.29, 0.717) is 28.2 Å². The highest BCUT2D eigenvalue weighted by atomic mass is 35.5. The van der Waals surface area contributed by atoms with Gasteiger partial charge in [-0.05, 0) is 43.9 Å². The summed E-state index contributed by atoms with van der Waals surface area (Å²) in [5.41, 5.74) is 0.622. The number of anilines is 1. The largest absolute Gasteiger partial charge is 0.378 e. The fourth-order valence-corrected chi connectivity index (χ4v) is 2.56. The molecule has 1 saturated heterocycles.